The highest BCUT2D eigenvalue weighted by Gasteiger charge is 2.14. The van der Waals surface area contributed by atoms with Gasteiger partial charge >= 0.3 is 0 Å². The molecule has 8 aromatic rings. The molecule has 0 saturated carbocycles. The van der Waals surface area contributed by atoms with E-state index >= 15 is 0 Å². The van der Waals surface area contributed by atoms with Crippen LogP contribution in [0.25, 0.3) is 77.6 Å². The number of aromatic nitrogens is 4. The number of fused-ring (bicyclic) bond motifs is 5. The number of hydrogen-bond donors (Lipinski definition) is 0. The fraction of sp³-hybridized carbons (Fsp3) is 0. The first-order valence-corrected chi connectivity index (χ1v) is 14.0. The molecular formula is C38H24N4. The van der Waals surface area contributed by atoms with Crippen molar-refractivity contribution in [2.45, 2.75) is 0 Å². The van der Waals surface area contributed by atoms with Crippen molar-refractivity contribution in [2.24, 2.45) is 0 Å². The zero-order valence-electron chi connectivity index (χ0n) is 22.6. The summed E-state index contributed by atoms with van der Waals surface area (Å²) in [6, 6.07) is 45.9. The Hall–Kier alpha value is -5.74. The molecule has 0 radical (unpaired) electrons. The molecule has 4 heterocycles. The van der Waals surface area contributed by atoms with E-state index in [4.69, 9.17) is 19.9 Å². The summed E-state index contributed by atoms with van der Waals surface area (Å²) in [7, 11) is 0. The quantitative estimate of drug-likeness (QED) is 0.210. The van der Waals surface area contributed by atoms with E-state index in [-0.39, 0.29) is 0 Å². The number of benzene rings is 4. The molecule has 0 unspecified atom stereocenters. The molecule has 4 heteroatoms. The lowest BCUT2D eigenvalue weighted by Gasteiger charge is -2.12. The molecule has 42 heavy (non-hydrogen) atoms. The van der Waals surface area contributed by atoms with Gasteiger partial charge in [0.05, 0.1) is 33.8 Å². The molecule has 0 spiro atoms. The van der Waals surface area contributed by atoms with Gasteiger partial charge in [-0.1, -0.05) is 97.1 Å². The largest absolute Gasteiger partial charge is 0.256 e. The van der Waals surface area contributed by atoms with Gasteiger partial charge in [0.1, 0.15) is 0 Å². The molecule has 0 fully saturated rings. The molecule has 0 atom stereocenters. The Balaban J connectivity index is 1.35. The smallest absolute Gasteiger partial charge is 0.0900 e. The normalized spacial score (nSPS) is 11.3. The summed E-state index contributed by atoms with van der Waals surface area (Å²) in [5.74, 6) is 0. The predicted octanol–water partition coefficient (Wildman–Crippen LogP) is 9.39. The molecule has 4 aromatic carbocycles. The van der Waals surface area contributed by atoms with E-state index in [0.29, 0.717) is 0 Å². The van der Waals surface area contributed by atoms with Gasteiger partial charge in [0.25, 0.3) is 0 Å². The summed E-state index contributed by atoms with van der Waals surface area (Å²) in [6.07, 6.45) is 3.70. The van der Waals surface area contributed by atoms with E-state index in [1.165, 1.54) is 0 Å². The molecule has 0 N–H and O–H groups in total. The summed E-state index contributed by atoms with van der Waals surface area (Å²) >= 11 is 0. The molecule has 0 amide bonds. The lowest BCUT2D eigenvalue weighted by molar-refractivity contribution is 1.23. The van der Waals surface area contributed by atoms with Crippen LogP contribution in [-0.2, 0) is 0 Å². The lowest BCUT2D eigenvalue weighted by atomic mass is 10.00. The van der Waals surface area contributed by atoms with Crippen molar-refractivity contribution in [3.05, 3.63) is 146 Å². The minimum absolute atomic E-state index is 0.797. The van der Waals surface area contributed by atoms with Crippen molar-refractivity contribution in [3.63, 3.8) is 0 Å². The number of nitrogens with zero attached hydrogens (tertiary/aromatic N) is 4. The maximum atomic E-state index is 5.24. The van der Waals surface area contributed by atoms with Gasteiger partial charge in [-0.05, 0) is 64.0 Å². The summed E-state index contributed by atoms with van der Waals surface area (Å²) in [4.78, 5) is 19.9. The zero-order chi connectivity index (χ0) is 27.9. The standard InChI is InChI=1S/C38H24N4/c1-3-8-25(9-4-1)30-19-21-39-33(22-30)35-24-31(26-10-5-2-6-11-26)23-34(41-35)32-18-17-29-16-14-27-13-15-28-12-7-20-40-37(28)36(27)38(29)42-32/h1-24H. The third-order valence-electron chi connectivity index (χ3n) is 7.74. The van der Waals surface area contributed by atoms with Crippen LogP contribution in [0.3, 0.4) is 0 Å². The van der Waals surface area contributed by atoms with E-state index < -0.39 is 0 Å². The Labute approximate surface area is 243 Å². The number of hydrogen-bond acceptors (Lipinski definition) is 4. The van der Waals surface area contributed by atoms with Gasteiger partial charge in [-0.15, -0.1) is 0 Å². The Morgan fingerprint density at radius 2 is 0.952 bits per heavy atom. The van der Waals surface area contributed by atoms with Gasteiger partial charge in [-0.25, -0.2) is 9.97 Å². The highest BCUT2D eigenvalue weighted by molar-refractivity contribution is 6.17. The second kappa shape index (κ2) is 10.0. The van der Waals surface area contributed by atoms with Gasteiger partial charge < -0.3 is 0 Å². The molecule has 4 aromatic heterocycles. The molecule has 0 aliphatic carbocycles. The van der Waals surface area contributed by atoms with Crippen LogP contribution in [0.2, 0.25) is 0 Å². The first-order chi connectivity index (χ1) is 20.8. The second-order valence-electron chi connectivity index (χ2n) is 10.4. The first kappa shape index (κ1) is 24.1. The molecule has 4 nitrogen and oxygen atoms in total. The third kappa shape index (κ3) is 4.27. The van der Waals surface area contributed by atoms with Crippen LogP contribution in [-0.4, -0.2) is 19.9 Å². The summed E-state index contributed by atoms with van der Waals surface area (Å²) in [5.41, 5.74) is 9.52. The highest BCUT2D eigenvalue weighted by atomic mass is 14.8. The van der Waals surface area contributed by atoms with Crippen molar-refractivity contribution in [1.29, 1.82) is 0 Å². The molecule has 0 bridgehead atoms. The Morgan fingerprint density at radius 1 is 0.333 bits per heavy atom. The predicted molar refractivity (Wildman–Crippen MR) is 172 cm³/mol. The van der Waals surface area contributed by atoms with Gasteiger partial charge in [-0.3, -0.25) is 9.97 Å². The average molecular weight is 537 g/mol. The van der Waals surface area contributed by atoms with Gasteiger partial charge in [-0.2, -0.15) is 0 Å². The van der Waals surface area contributed by atoms with Crippen molar-refractivity contribution >= 4 is 32.6 Å². The van der Waals surface area contributed by atoms with E-state index in [9.17, 15) is 0 Å². The van der Waals surface area contributed by atoms with Gasteiger partial charge in [0.15, 0.2) is 0 Å². The minimum atomic E-state index is 0.797. The van der Waals surface area contributed by atoms with Crippen LogP contribution in [0.5, 0.6) is 0 Å². The molecule has 0 aliphatic rings. The number of rotatable bonds is 4. The van der Waals surface area contributed by atoms with Gasteiger partial charge in [0.2, 0.25) is 0 Å². The first-order valence-electron chi connectivity index (χ1n) is 14.0. The van der Waals surface area contributed by atoms with E-state index in [1.54, 1.807) is 0 Å². The Kier molecular flexibility index (Phi) is 5.75. The van der Waals surface area contributed by atoms with Crippen LogP contribution in [0.1, 0.15) is 0 Å². The van der Waals surface area contributed by atoms with E-state index in [1.807, 2.05) is 36.7 Å². The van der Waals surface area contributed by atoms with Crippen molar-refractivity contribution < 1.29 is 0 Å². The summed E-state index contributed by atoms with van der Waals surface area (Å²) in [5, 5.41) is 4.35. The second-order valence-corrected chi connectivity index (χ2v) is 10.4. The van der Waals surface area contributed by atoms with Crippen LogP contribution in [0.4, 0.5) is 0 Å². The topological polar surface area (TPSA) is 51.6 Å². The molecule has 8 rings (SSSR count). The Morgan fingerprint density at radius 3 is 1.71 bits per heavy atom. The average Bonchev–Trinajstić information content (AvgIpc) is 3.08. The molecule has 0 saturated heterocycles. The van der Waals surface area contributed by atoms with Crippen LogP contribution in [0, 0.1) is 0 Å². The van der Waals surface area contributed by atoms with Crippen molar-refractivity contribution in [1.82, 2.24) is 19.9 Å². The molecule has 0 aliphatic heterocycles. The SMILES string of the molecule is c1ccc(-c2ccnc(-c3cc(-c4ccccc4)cc(-c4ccc5ccc6ccc7cccnc7c6c5n4)n3)c2)cc1. The molecule has 196 valence electrons. The van der Waals surface area contributed by atoms with Crippen molar-refractivity contribution in [2.75, 3.05) is 0 Å². The maximum absolute atomic E-state index is 5.24. The Bertz CT molecular complexity index is 2240. The maximum Gasteiger partial charge on any atom is 0.0900 e. The summed E-state index contributed by atoms with van der Waals surface area (Å²) < 4.78 is 0. The minimum Gasteiger partial charge on any atom is -0.256 e. The van der Waals surface area contributed by atoms with Crippen molar-refractivity contribution in [3.8, 4) is 45.0 Å². The highest BCUT2D eigenvalue weighted by Crippen LogP contribution is 2.34. The van der Waals surface area contributed by atoms with Crippen LogP contribution < -0.4 is 0 Å². The molecular weight excluding hydrogens is 512 g/mol. The van der Waals surface area contributed by atoms with Gasteiger partial charge in [0, 0.05) is 28.6 Å². The fourth-order valence-corrected chi connectivity index (χ4v) is 5.65. The van der Waals surface area contributed by atoms with Crippen LogP contribution >= 0.6 is 0 Å². The van der Waals surface area contributed by atoms with Crippen LogP contribution in [0.15, 0.2) is 146 Å². The lowest BCUT2D eigenvalue weighted by Crippen LogP contribution is -1.95. The number of pyridine rings is 4. The summed E-state index contributed by atoms with van der Waals surface area (Å²) in [6.45, 7) is 0. The van der Waals surface area contributed by atoms with E-state index in [0.717, 1.165) is 77.6 Å². The zero-order valence-corrected chi connectivity index (χ0v) is 22.6. The van der Waals surface area contributed by atoms with E-state index in [2.05, 4.69) is 109 Å². The monoisotopic (exact) mass is 536 g/mol. The fourth-order valence-electron chi connectivity index (χ4n) is 5.65. The third-order valence-corrected chi connectivity index (χ3v) is 7.74.